The number of aryl methyl sites for hydroxylation is 2. The minimum absolute atomic E-state index is 0.0396. The number of carbonyl (C=O) groups excluding carboxylic acids is 1. The molecule has 0 fully saturated rings. The van der Waals surface area contributed by atoms with Crippen LogP contribution in [0.2, 0.25) is 0 Å². The number of halogens is 1. The van der Waals surface area contributed by atoms with E-state index in [1.807, 2.05) is 6.07 Å². The van der Waals surface area contributed by atoms with Gasteiger partial charge in [0.15, 0.2) is 14.6 Å². The first kappa shape index (κ1) is 22.3. The Morgan fingerprint density at radius 1 is 1.38 bits per heavy atom. The number of sulfone groups is 1. The molecular formula is C19H20FN3O5S. The Kier molecular flexibility index (Phi) is 6.25. The standard InChI is InChI=1S/C19H20FN3O5S/c1-12-8-13(4-5-14(12)10-21)15-9-17(24)23(11-16(15)20)7-6-19(2,18(25)22-26)29(3,27)28/h4-5,8-9,11,26H,6-7H2,1-3H3,(H,22,25). The summed E-state index contributed by atoms with van der Waals surface area (Å²) in [6, 6.07) is 7.72. The van der Waals surface area contributed by atoms with Crippen molar-refractivity contribution >= 4 is 15.7 Å². The molecule has 1 aromatic heterocycles. The fourth-order valence-corrected chi connectivity index (χ4v) is 3.66. The number of pyridine rings is 1. The molecule has 0 aliphatic heterocycles. The topological polar surface area (TPSA) is 129 Å². The number of nitrogens with zero attached hydrogens (tertiary/aromatic N) is 2. The highest BCUT2D eigenvalue weighted by molar-refractivity contribution is 7.92. The maximum Gasteiger partial charge on any atom is 0.264 e. The summed E-state index contributed by atoms with van der Waals surface area (Å²) in [5, 5.41) is 17.8. The number of hydroxylamine groups is 1. The van der Waals surface area contributed by atoms with E-state index in [9.17, 15) is 22.4 Å². The van der Waals surface area contributed by atoms with Gasteiger partial charge in [-0.3, -0.25) is 14.8 Å². The average molecular weight is 421 g/mol. The van der Waals surface area contributed by atoms with Crippen LogP contribution < -0.4 is 11.0 Å². The lowest BCUT2D eigenvalue weighted by atomic mass is 10.0. The minimum atomic E-state index is -3.94. The lowest BCUT2D eigenvalue weighted by Gasteiger charge is -2.25. The Hall–Kier alpha value is -3.03. The molecule has 8 nitrogen and oxygen atoms in total. The second-order valence-corrected chi connectivity index (χ2v) is 9.35. The van der Waals surface area contributed by atoms with Gasteiger partial charge in [0.25, 0.3) is 11.5 Å². The van der Waals surface area contributed by atoms with Crippen LogP contribution in [0.1, 0.15) is 24.5 Å². The van der Waals surface area contributed by atoms with Gasteiger partial charge in [-0.05, 0) is 37.5 Å². The maximum atomic E-state index is 14.6. The fraction of sp³-hybridized carbons (Fsp3) is 0.316. The molecule has 0 spiro atoms. The molecule has 0 saturated carbocycles. The number of nitriles is 1. The van der Waals surface area contributed by atoms with Gasteiger partial charge in [-0.2, -0.15) is 5.26 Å². The quantitative estimate of drug-likeness (QED) is 0.538. The Balaban J connectivity index is 2.40. The van der Waals surface area contributed by atoms with Crippen LogP contribution in [0.15, 0.2) is 35.3 Å². The number of amides is 1. The SMILES string of the molecule is Cc1cc(-c2cc(=O)n(CCC(C)(C(=O)NO)S(C)(=O)=O)cc2F)ccc1C#N. The van der Waals surface area contributed by atoms with Gasteiger partial charge in [-0.25, -0.2) is 18.3 Å². The van der Waals surface area contributed by atoms with E-state index in [0.717, 1.165) is 30.0 Å². The van der Waals surface area contributed by atoms with Crippen molar-refractivity contribution in [1.82, 2.24) is 10.0 Å². The molecule has 29 heavy (non-hydrogen) atoms. The van der Waals surface area contributed by atoms with Crippen LogP contribution in [0.4, 0.5) is 4.39 Å². The third-order valence-corrected chi connectivity index (χ3v) is 6.99. The van der Waals surface area contributed by atoms with E-state index in [1.165, 1.54) is 17.6 Å². The lowest BCUT2D eigenvalue weighted by Crippen LogP contribution is -2.50. The number of rotatable bonds is 6. The second kappa shape index (κ2) is 8.14. The maximum absolute atomic E-state index is 14.6. The van der Waals surface area contributed by atoms with Gasteiger partial charge in [-0.15, -0.1) is 0 Å². The first-order chi connectivity index (χ1) is 13.4. The van der Waals surface area contributed by atoms with Crippen LogP contribution in [0, 0.1) is 24.1 Å². The lowest BCUT2D eigenvalue weighted by molar-refractivity contribution is -0.131. The van der Waals surface area contributed by atoms with Crippen LogP contribution >= 0.6 is 0 Å². The summed E-state index contributed by atoms with van der Waals surface area (Å²) >= 11 is 0. The Morgan fingerprint density at radius 3 is 2.55 bits per heavy atom. The largest absolute Gasteiger partial charge is 0.312 e. The predicted molar refractivity (Wildman–Crippen MR) is 103 cm³/mol. The smallest absolute Gasteiger partial charge is 0.264 e. The molecule has 0 bridgehead atoms. The molecule has 0 aliphatic carbocycles. The van der Waals surface area contributed by atoms with E-state index >= 15 is 0 Å². The number of hydrogen-bond acceptors (Lipinski definition) is 6. The van der Waals surface area contributed by atoms with Crippen LogP contribution in [0.5, 0.6) is 0 Å². The molecular weight excluding hydrogens is 401 g/mol. The zero-order valence-electron chi connectivity index (χ0n) is 16.1. The van der Waals surface area contributed by atoms with E-state index in [0.29, 0.717) is 16.7 Å². The molecule has 1 atom stereocenters. The summed E-state index contributed by atoms with van der Waals surface area (Å²) in [6.45, 7) is 2.54. The monoisotopic (exact) mass is 421 g/mol. The molecule has 1 amide bonds. The fourth-order valence-electron chi connectivity index (χ4n) is 2.82. The van der Waals surface area contributed by atoms with E-state index in [2.05, 4.69) is 0 Å². The minimum Gasteiger partial charge on any atom is -0.312 e. The van der Waals surface area contributed by atoms with Gasteiger partial charge in [0.1, 0.15) is 5.82 Å². The molecule has 154 valence electrons. The normalized spacial score (nSPS) is 13.4. The van der Waals surface area contributed by atoms with Crippen molar-refractivity contribution in [1.29, 1.82) is 5.26 Å². The number of nitrogens with one attached hydrogen (secondary N) is 1. The zero-order valence-corrected chi connectivity index (χ0v) is 16.9. The van der Waals surface area contributed by atoms with Gasteiger partial charge in [0.2, 0.25) is 0 Å². The van der Waals surface area contributed by atoms with Gasteiger partial charge in [0.05, 0.1) is 11.6 Å². The molecule has 2 rings (SSSR count). The zero-order chi connectivity index (χ0) is 22.0. The van der Waals surface area contributed by atoms with Crippen LogP contribution in [-0.4, -0.2) is 35.1 Å². The Morgan fingerprint density at radius 2 is 2.03 bits per heavy atom. The second-order valence-electron chi connectivity index (χ2n) is 6.90. The van der Waals surface area contributed by atoms with E-state index in [1.54, 1.807) is 13.0 Å². The van der Waals surface area contributed by atoms with Crippen molar-refractivity contribution < 1.29 is 22.8 Å². The predicted octanol–water partition coefficient (Wildman–Crippen LogP) is 1.53. The van der Waals surface area contributed by atoms with Gasteiger partial charge >= 0.3 is 0 Å². The highest BCUT2D eigenvalue weighted by atomic mass is 32.2. The number of carbonyl (C=O) groups is 1. The van der Waals surface area contributed by atoms with Gasteiger partial charge in [0, 0.05) is 30.6 Å². The molecule has 1 heterocycles. The molecule has 0 radical (unpaired) electrons. The van der Waals surface area contributed by atoms with Crippen LogP contribution in [0.25, 0.3) is 11.1 Å². The third-order valence-electron chi connectivity index (χ3n) is 4.97. The van der Waals surface area contributed by atoms with Crippen molar-refractivity contribution in [2.24, 2.45) is 0 Å². The van der Waals surface area contributed by atoms with Crippen molar-refractivity contribution in [3.05, 3.63) is 57.8 Å². The molecule has 2 N–H and O–H groups in total. The first-order valence-corrected chi connectivity index (χ1v) is 10.4. The summed E-state index contributed by atoms with van der Waals surface area (Å²) in [7, 11) is -3.94. The van der Waals surface area contributed by atoms with Gasteiger partial charge < -0.3 is 4.57 Å². The molecule has 1 aromatic carbocycles. The van der Waals surface area contributed by atoms with Crippen molar-refractivity contribution in [3.8, 4) is 17.2 Å². The molecule has 0 aliphatic rings. The Bertz CT molecular complexity index is 1170. The summed E-state index contributed by atoms with van der Waals surface area (Å²) in [6.07, 6.45) is 1.42. The van der Waals surface area contributed by atoms with Crippen molar-refractivity contribution in [3.63, 3.8) is 0 Å². The molecule has 0 saturated heterocycles. The van der Waals surface area contributed by atoms with Crippen LogP contribution in [-0.2, 0) is 21.2 Å². The molecule has 1 unspecified atom stereocenters. The first-order valence-electron chi connectivity index (χ1n) is 8.50. The summed E-state index contributed by atoms with van der Waals surface area (Å²) in [5.74, 6) is -1.86. The number of hydrogen-bond donors (Lipinski definition) is 2. The van der Waals surface area contributed by atoms with Crippen molar-refractivity contribution in [2.75, 3.05) is 6.26 Å². The van der Waals surface area contributed by atoms with Crippen LogP contribution in [0.3, 0.4) is 0 Å². The van der Waals surface area contributed by atoms with E-state index < -0.39 is 31.9 Å². The summed E-state index contributed by atoms with van der Waals surface area (Å²) in [5.41, 5.74) is 2.25. The van der Waals surface area contributed by atoms with E-state index in [-0.39, 0.29) is 18.5 Å². The summed E-state index contributed by atoms with van der Waals surface area (Å²) in [4.78, 5) is 24.3. The highest BCUT2D eigenvalue weighted by Gasteiger charge is 2.43. The third kappa shape index (κ3) is 4.36. The highest BCUT2D eigenvalue weighted by Crippen LogP contribution is 2.25. The van der Waals surface area contributed by atoms with Gasteiger partial charge in [-0.1, -0.05) is 12.1 Å². The summed E-state index contributed by atoms with van der Waals surface area (Å²) < 4.78 is 37.6. The molecule has 2 aromatic rings. The number of benzene rings is 1. The molecule has 10 heteroatoms. The van der Waals surface area contributed by atoms with E-state index in [4.69, 9.17) is 10.5 Å². The average Bonchev–Trinajstić information content (AvgIpc) is 2.66. The Labute approximate surface area is 167 Å². The number of aromatic nitrogens is 1. The van der Waals surface area contributed by atoms with Crippen molar-refractivity contribution in [2.45, 2.75) is 31.6 Å².